The highest BCUT2D eigenvalue weighted by atomic mass is 16.4. The highest BCUT2D eigenvalue weighted by molar-refractivity contribution is 5.97. The van der Waals surface area contributed by atoms with Gasteiger partial charge < -0.3 is 20.2 Å². The molecule has 0 bridgehead atoms. The topological polar surface area (TPSA) is 122 Å². The summed E-state index contributed by atoms with van der Waals surface area (Å²) < 4.78 is 5.78. The first-order valence-electron chi connectivity index (χ1n) is 10.3. The lowest BCUT2D eigenvalue weighted by Gasteiger charge is -2.06. The minimum Gasteiger partial charge on any atom is -0.480 e. The molecule has 3 N–H and O–H groups in total. The van der Waals surface area contributed by atoms with Crippen LogP contribution in [-0.2, 0) is 16.0 Å². The fraction of sp³-hybridized carbons (Fsp3) is 0.250. The van der Waals surface area contributed by atoms with Gasteiger partial charge in [-0.05, 0) is 35.7 Å². The standard InChI is InChI=1S/C24H25N3O5/c1-15(2)16-3-5-17(6-4-16)20-13-25-22(32-20)12-11-21(28)27-19-9-7-18(8-10-19)24(31)26-14-23(29)30/h3-10,13,15H,11-12,14H2,1-2H3,(H,26,31)(H,27,28)(H,29,30). The number of amides is 2. The smallest absolute Gasteiger partial charge is 0.322 e. The molecule has 0 fully saturated rings. The second kappa shape index (κ2) is 10.4. The van der Waals surface area contributed by atoms with Crippen LogP contribution in [0.2, 0.25) is 0 Å². The molecule has 1 aromatic heterocycles. The lowest BCUT2D eigenvalue weighted by Crippen LogP contribution is -2.29. The van der Waals surface area contributed by atoms with Crippen molar-refractivity contribution in [2.24, 2.45) is 0 Å². The van der Waals surface area contributed by atoms with Crippen molar-refractivity contribution in [1.29, 1.82) is 0 Å². The molecule has 0 spiro atoms. The molecule has 2 aromatic carbocycles. The predicted octanol–water partition coefficient (Wildman–Crippen LogP) is 3.85. The van der Waals surface area contributed by atoms with E-state index in [0.29, 0.717) is 35.2 Å². The van der Waals surface area contributed by atoms with Crippen LogP contribution in [0.15, 0.2) is 59.1 Å². The Labute approximate surface area is 185 Å². The van der Waals surface area contributed by atoms with Gasteiger partial charge in [0.05, 0.1) is 6.20 Å². The summed E-state index contributed by atoms with van der Waals surface area (Å²) in [4.78, 5) is 38.8. The maximum Gasteiger partial charge on any atom is 0.322 e. The number of carbonyl (C=O) groups excluding carboxylic acids is 2. The average Bonchev–Trinajstić information content (AvgIpc) is 3.26. The number of aromatic nitrogens is 1. The molecule has 32 heavy (non-hydrogen) atoms. The third-order valence-corrected chi connectivity index (χ3v) is 4.81. The molecular formula is C24H25N3O5. The number of carboxylic acid groups (broad SMARTS) is 1. The second-order valence-corrected chi connectivity index (χ2v) is 7.60. The van der Waals surface area contributed by atoms with Crippen molar-refractivity contribution in [3.63, 3.8) is 0 Å². The van der Waals surface area contributed by atoms with E-state index in [1.54, 1.807) is 18.3 Å². The van der Waals surface area contributed by atoms with Crippen molar-refractivity contribution in [2.45, 2.75) is 32.6 Å². The first-order chi connectivity index (χ1) is 15.3. The number of benzene rings is 2. The number of nitrogens with zero attached hydrogens (tertiary/aromatic N) is 1. The highest BCUT2D eigenvalue weighted by Crippen LogP contribution is 2.23. The summed E-state index contributed by atoms with van der Waals surface area (Å²) in [6.45, 7) is 3.82. The summed E-state index contributed by atoms with van der Waals surface area (Å²) in [5, 5.41) is 13.6. The molecule has 2 amide bonds. The Morgan fingerprint density at radius 3 is 2.34 bits per heavy atom. The molecule has 0 saturated heterocycles. The summed E-state index contributed by atoms with van der Waals surface area (Å²) in [7, 11) is 0. The van der Waals surface area contributed by atoms with Crippen molar-refractivity contribution in [1.82, 2.24) is 10.3 Å². The normalized spacial score (nSPS) is 10.7. The molecule has 8 nitrogen and oxygen atoms in total. The molecule has 3 aromatic rings. The number of nitrogens with one attached hydrogen (secondary N) is 2. The largest absolute Gasteiger partial charge is 0.480 e. The molecule has 1 heterocycles. The SMILES string of the molecule is CC(C)c1ccc(-c2cnc(CCC(=O)Nc3ccc(C(=O)NCC(=O)O)cc3)o2)cc1. The number of carboxylic acids is 1. The van der Waals surface area contributed by atoms with E-state index in [-0.39, 0.29) is 12.3 Å². The Balaban J connectivity index is 1.50. The lowest BCUT2D eigenvalue weighted by atomic mass is 10.0. The number of aliphatic carboxylic acids is 1. The average molecular weight is 435 g/mol. The maximum atomic E-state index is 12.2. The van der Waals surface area contributed by atoms with Crippen molar-refractivity contribution in [3.8, 4) is 11.3 Å². The van der Waals surface area contributed by atoms with Crippen LogP contribution in [-0.4, -0.2) is 34.4 Å². The molecule has 0 aliphatic carbocycles. The summed E-state index contributed by atoms with van der Waals surface area (Å²) in [6, 6.07) is 14.3. The van der Waals surface area contributed by atoms with Gasteiger partial charge in [0.2, 0.25) is 5.91 Å². The maximum absolute atomic E-state index is 12.2. The molecule has 0 atom stereocenters. The number of oxazole rings is 1. The van der Waals surface area contributed by atoms with Gasteiger partial charge in [0.15, 0.2) is 11.7 Å². The van der Waals surface area contributed by atoms with Crippen LogP contribution in [0, 0.1) is 0 Å². The van der Waals surface area contributed by atoms with Gasteiger partial charge >= 0.3 is 5.97 Å². The molecule has 0 saturated carbocycles. The molecule has 166 valence electrons. The van der Waals surface area contributed by atoms with E-state index in [2.05, 4.69) is 41.6 Å². The Kier molecular flexibility index (Phi) is 7.38. The zero-order valence-electron chi connectivity index (χ0n) is 17.9. The first-order valence-corrected chi connectivity index (χ1v) is 10.3. The summed E-state index contributed by atoms with van der Waals surface area (Å²) in [5.41, 5.74) is 3.02. The van der Waals surface area contributed by atoms with Crippen molar-refractivity contribution < 1.29 is 23.9 Å². The third kappa shape index (κ3) is 6.28. The van der Waals surface area contributed by atoms with Crippen LogP contribution in [0.3, 0.4) is 0 Å². The summed E-state index contributed by atoms with van der Waals surface area (Å²) in [5.74, 6) is -0.235. The lowest BCUT2D eigenvalue weighted by molar-refractivity contribution is -0.135. The van der Waals surface area contributed by atoms with Crippen molar-refractivity contribution in [2.75, 3.05) is 11.9 Å². The molecule has 0 aliphatic rings. The van der Waals surface area contributed by atoms with Crippen molar-refractivity contribution >= 4 is 23.5 Å². The van der Waals surface area contributed by atoms with Gasteiger partial charge in [0.1, 0.15) is 6.54 Å². The Hall–Kier alpha value is -3.94. The molecule has 0 radical (unpaired) electrons. The van der Waals surface area contributed by atoms with Crippen molar-refractivity contribution in [3.05, 3.63) is 71.7 Å². The van der Waals surface area contributed by atoms with Crippen LogP contribution in [0.5, 0.6) is 0 Å². The van der Waals surface area contributed by atoms with E-state index in [1.165, 1.54) is 17.7 Å². The number of hydrogen-bond donors (Lipinski definition) is 3. The van der Waals surface area contributed by atoms with Gasteiger partial charge in [-0.1, -0.05) is 38.1 Å². The Morgan fingerprint density at radius 2 is 1.72 bits per heavy atom. The monoisotopic (exact) mass is 435 g/mol. The summed E-state index contributed by atoms with van der Waals surface area (Å²) in [6.07, 6.45) is 2.20. The number of anilines is 1. The second-order valence-electron chi connectivity index (χ2n) is 7.60. The van der Waals surface area contributed by atoms with Gasteiger partial charge in [-0.15, -0.1) is 0 Å². The molecular weight excluding hydrogens is 410 g/mol. The van der Waals surface area contributed by atoms with E-state index in [0.717, 1.165) is 5.56 Å². The molecule has 0 aliphatic heterocycles. The third-order valence-electron chi connectivity index (χ3n) is 4.81. The predicted molar refractivity (Wildman–Crippen MR) is 119 cm³/mol. The van der Waals surface area contributed by atoms with E-state index in [1.807, 2.05) is 12.1 Å². The van der Waals surface area contributed by atoms with E-state index in [4.69, 9.17) is 9.52 Å². The van der Waals surface area contributed by atoms with Crippen LogP contribution < -0.4 is 10.6 Å². The van der Waals surface area contributed by atoms with E-state index in [9.17, 15) is 14.4 Å². The Bertz CT molecular complexity index is 1090. The van der Waals surface area contributed by atoms with Crippen LogP contribution in [0.4, 0.5) is 5.69 Å². The van der Waals surface area contributed by atoms with Gasteiger partial charge in [-0.3, -0.25) is 14.4 Å². The fourth-order valence-corrected chi connectivity index (χ4v) is 3.00. The quantitative estimate of drug-likeness (QED) is 0.469. The zero-order valence-corrected chi connectivity index (χ0v) is 17.9. The number of rotatable bonds is 9. The van der Waals surface area contributed by atoms with Gasteiger partial charge in [0.25, 0.3) is 5.91 Å². The minimum atomic E-state index is -1.12. The van der Waals surface area contributed by atoms with Gasteiger partial charge in [-0.2, -0.15) is 0 Å². The Morgan fingerprint density at radius 1 is 1.03 bits per heavy atom. The van der Waals surface area contributed by atoms with E-state index < -0.39 is 18.4 Å². The summed E-state index contributed by atoms with van der Waals surface area (Å²) >= 11 is 0. The fourth-order valence-electron chi connectivity index (χ4n) is 3.00. The molecule has 3 rings (SSSR count). The number of hydrogen-bond acceptors (Lipinski definition) is 5. The number of carbonyl (C=O) groups is 3. The zero-order chi connectivity index (χ0) is 23.1. The van der Waals surface area contributed by atoms with Crippen LogP contribution in [0.25, 0.3) is 11.3 Å². The number of aryl methyl sites for hydroxylation is 1. The minimum absolute atomic E-state index is 0.188. The van der Waals surface area contributed by atoms with Crippen LogP contribution in [0.1, 0.15) is 48.0 Å². The molecule has 8 heteroatoms. The van der Waals surface area contributed by atoms with E-state index >= 15 is 0 Å². The highest BCUT2D eigenvalue weighted by Gasteiger charge is 2.11. The first kappa shape index (κ1) is 22.7. The van der Waals surface area contributed by atoms with Gasteiger partial charge in [0, 0.05) is 29.7 Å². The van der Waals surface area contributed by atoms with Gasteiger partial charge in [-0.25, -0.2) is 4.98 Å². The molecule has 0 unspecified atom stereocenters. The van der Waals surface area contributed by atoms with Crippen LogP contribution >= 0.6 is 0 Å².